The number of halogens is 4. The van der Waals surface area contributed by atoms with Crippen LogP contribution in [0.1, 0.15) is 23.1 Å². The normalized spacial score (nSPS) is 12.5. The number of aryl methyl sites for hydroxylation is 1. The zero-order valence-corrected chi connectivity index (χ0v) is 15.6. The molecule has 2 rings (SSSR count). The number of nitrogens with two attached hydrogens (primary N) is 1. The van der Waals surface area contributed by atoms with Crippen LogP contribution in [-0.4, -0.2) is 35.6 Å². The molecule has 158 valence electrons. The van der Waals surface area contributed by atoms with Crippen molar-refractivity contribution in [2.75, 3.05) is 19.8 Å². The van der Waals surface area contributed by atoms with Crippen molar-refractivity contribution >= 4 is 6.08 Å². The van der Waals surface area contributed by atoms with E-state index in [0.717, 1.165) is 6.07 Å². The molecule has 0 spiro atoms. The highest BCUT2D eigenvalue weighted by molar-refractivity contribution is 5.49. The van der Waals surface area contributed by atoms with E-state index in [1.54, 1.807) is 6.08 Å². The van der Waals surface area contributed by atoms with Crippen LogP contribution in [0.3, 0.4) is 0 Å². The van der Waals surface area contributed by atoms with Crippen LogP contribution in [0.5, 0.6) is 5.75 Å². The Morgan fingerprint density at radius 2 is 1.66 bits per heavy atom. The molecule has 2 aromatic carbocycles. The Balaban J connectivity index is 2.08. The Morgan fingerprint density at radius 3 is 2.24 bits per heavy atom. The Kier molecular flexibility index (Phi) is 7.78. The molecule has 29 heavy (non-hydrogen) atoms. The largest absolute Gasteiger partial charge is 0.489 e. The minimum absolute atomic E-state index is 0.0965. The number of alkyl halides is 3. The molecular weight excluding hydrogens is 390 g/mol. The summed E-state index contributed by atoms with van der Waals surface area (Å²) in [5.74, 6) is -0.688. The van der Waals surface area contributed by atoms with Gasteiger partial charge in [0.05, 0.1) is 24.3 Å². The summed E-state index contributed by atoms with van der Waals surface area (Å²) >= 11 is 0. The molecule has 2 aromatic rings. The first-order valence-corrected chi connectivity index (χ1v) is 8.92. The van der Waals surface area contributed by atoms with Crippen LogP contribution in [0, 0.1) is 5.82 Å². The number of aliphatic hydroxyl groups is 2. The van der Waals surface area contributed by atoms with Gasteiger partial charge in [0.2, 0.25) is 0 Å². The Bertz CT molecular complexity index is 816. The Labute approximate surface area is 166 Å². The molecule has 8 heteroatoms. The van der Waals surface area contributed by atoms with Crippen LogP contribution in [-0.2, 0) is 12.6 Å². The van der Waals surface area contributed by atoms with Crippen LogP contribution in [0.15, 0.2) is 48.5 Å². The maximum atomic E-state index is 13.4. The molecule has 0 heterocycles. The van der Waals surface area contributed by atoms with Gasteiger partial charge >= 0.3 is 6.18 Å². The van der Waals surface area contributed by atoms with Gasteiger partial charge in [-0.05, 0) is 54.3 Å². The summed E-state index contributed by atoms with van der Waals surface area (Å²) in [6.07, 6.45) is -1.18. The highest BCUT2D eigenvalue weighted by atomic mass is 19.4. The molecule has 0 bridgehead atoms. The van der Waals surface area contributed by atoms with Crippen LogP contribution in [0.2, 0.25) is 0 Å². The lowest BCUT2D eigenvalue weighted by Gasteiger charge is -2.24. The monoisotopic (exact) mass is 413 g/mol. The molecule has 4 N–H and O–H groups in total. The second kappa shape index (κ2) is 9.87. The fourth-order valence-electron chi connectivity index (χ4n) is 2.58. The first kappa shape index (κ1) is 22.9. The van der Waals surface area contributed by atoms with Gasteiger partial charge in [0.1, 0.15) is 18.2 Å². The van der Waals surface area contributed by atoms with Gasteiger partial charge in [0.15, 0.2) is 0 Å². The van der Waals surface area contributed by atoms with Crippen molar-refractivity contribution in [3.63, 3.8) is 0 Å². The molecule has 0 saturated heterocycles. The van der Waals surface area contributed by atoms with Gasteiger partial charge in [-0.2, -0.15) is 13.2 Å². The smallest absolute Gasteiger partial charge is 0.419 e. The van der Waals surface area contributed by atoms with Crippen molar-refractivity contribution in [2.24, 2.45) is 5.73 Å². The predicted molar refractivity (Wildman–Crippen MR) is 102 cm³/mol. The third kappa shape index (κ3) is 6.85. The zero-order chi connectivity index (χ0) is 21.5. The number of hydrogen-bond donors (Lipinski definition) is 3. The molecular formula is C21H23F4NO3. The van der Waals surface area contributed by atoms with Crippen LogP contribution in [0.25, 0.3) is 6.08 Å². The van der Waals surface area contributed by atoms with Crippen molar-refractivity contribution < 1.29 is 32.5 Å². The highest BCUT2D eigenvalue weighted by Crippen LogP contribution is 2.37. The van der Waals surface area contributed by atoms with E-state index in [0.29, 0.717) is 11.1 Å². The Morgan fingerprint density at radius 1 is 1.00 bits per heavy atom. The van der Waals surface area contributed by atoms with Gasteiger partial charge in [-0.25, -0.2) is 4.39 Å². The second-order valence-corrected chi connectivity index (χ2v) is 6.77. The summed E-state index contributed by atoms with van der Waals surface area (Å²) in [7, 11) is 0. The molecule has 0 aliphatic heterocycles. The third-order valence-electron chi connectivity index (χ3n) is 4.41. The number of ether oxygens (including phenoxy) is 1. The van der Waals surface area contributed by atoms with E-state index in [9.17, 15) is 27.8 Å². The van der Waals surface area contributed by atoms with Crippen molar-refractivity contribution in [1.82, 2.24) is 0 Å². The van der Waals surface area contributed by atoms with Gasteiger partial charge in [0.25, 0.3) is 0 Å². The number of rotatable bonds is 9. The van der Waals surface area contributed by atoms with Gasteiger partial charge in [-0.15, -0.1) is 0 Å². The molecule has 0 unspecified atom stereocenters. The number of hydrogen-bond acceptors (Lipinski definition) is 4. The van der Waals surface area contributed by atoms with E-state index in [2.05, 4.69) is 0 Å². The summed E-state index contributed by atoms with van der Waals surface area (Å²) in [5.41, 5.74) is 4.65. The van der Waals surface area contributed by atoms with Crippen LogP contribution in [0.4, 0.5) is 17.6 Å². The molecule has 0 radical (unpaired) electrons. The SMILES string of the molecule is NC(CO)(CO)CCc1ccc(OC/C=C/c2ccc(F)cc2)c(C(F)(F)F)c1. The van der Waals surface area contributed by atoms with Crippen molar-refractivity contribution in [2.45, 2.75) is 24.6 Å². The van der Waals surface area contributed by atoms with Crippen molar-refractivity contribution in [3.8, 4) is 5.75 Å². The summed E-state index contributed by atoms with van der Waals surface area (Å²) in [5, 5.41) is 18.4. The highest BCUT2D eigenvalue weighted by Gasteiger charge is 2.35. The third-order valence-corrected chi connectivity index (χ3v) is 4.41. The average molecular weight is 413 g/mol. The number of benzene rings is 2. The lowest BCUT2D eigenvalue weighted by molar-refractivity contribution is -0.138. The first-order chi connectivity index (χ1) is 13.7. The molecule has 0 fully saturated rings. The van der Waals surface area contributed by atoms with Gasteiger partial charge < -0.3 is 20.7 Å². The van der Waals surface area contributed by atoms with Crippen molar-refractivity contribution in [3.05, 3.63) is 71.0 Å². The lowest BCUT2D eigenvalue weighted by atomic mass is 9.93. The topological polar surface area (TPSA) is 75.7 Å². The quantitative estimate of drug-likeness (QED) is 0.550. The fourth-order valence-corrected chi connectivity index (χ4v) is 2.58. The fraction of sp³-hybridized carbons (Fsp3) is 0.333. The van der Waals surface area contributed by atoms with E-state index >= 15 is 0 Å². The van der Waals surface area contributed by atoms with E-state index in [1.807, 2.05) is 0 Å². The molecule has 0 aliphatic carbocycles. The van der Waals surface area contributed by atoms with Crippen LogP contribution >= 0.6 is 0 Å². The molecule has 4 nitrogen and oxygen atoms in total. The second-order valence-electron chi connectivity index (χ2n) is 6.77. The summed E-state index contributed by atoms with van der Waals surface area (Å²) in [6, 6.07) is 9.35. The van der Waals surface area contributed by atoms with E-state index in [4.69, 9.17) is 10.5 Å². The zero-order valence-electron chi connectivity index (χ0n) is 15.6. The lowest BCUT2D eigenvalue weighted by Crippen LogP contribution is -2.47. The molecule has 0 amide bonds. The van der Waals surface area contributed by atoms with E-state index in [1.165, 1.54) is 42.5 Å². The minimum atomic E-state index is -4.61. The maximum absolute atomic E-state index is 13.4. The van der Waals surface area contributed by atoms with Crippen molar-refractivity contribution in [1.29, 1.82) is 0 Å². The summed E-state index contributed by atoms with van der Waals surface area (Å²) < 4.78 is 58.4. The molecule has 0 aromatic heterocycles. The first-order valence-electron chi connectivity index (χ1n) is 8.92. The standard InChI is InChI=1S/C21H23F4NO3/c22-17-6-3-15(4-7-17)2-1-11-29-19-8-5-16(12-18(19)21(23,24)25)9-10-20(26,13-27)14-28/h1-8,12,27-28H,9-11,13-14,26H2/b2-1+. The average Bonchev–Trinajstić information content (AvgIpc) is 2.70. The predicted octanol–water partition coefficient (Wildman–Crippen LogP) is 3.55. The van der Waals surface area contributed by atoms with E-state index < -0.39 is 30.5 Å². The number of aliphatic hydroxyl groups excluding tert-OH is 2. The van der Waals surface area contributed by atoms with Gasteiger partial charge in [-0.3, -0.25) is 0 Å². The Hall–Kier alpha value is -2.42. The summed E-state index contributed by atoms with van der Waals surface area (Å²) in [6.45, 7) is -1.05. The van der Waals surface area contributed by atoms with Gasteiger partial charge in [0, 0.05) is 0 Å². The van der Waals surface area contributed by atoms with E-state index in [-0.39, 0.29) is 31.0 Å². The molecule has 0 aliphatic rings. The minimum Gasteiger partial charge on any atom is -0.489 e. The molecule has 0 saturated carbocycles. The molecule has 0 atom stereocenters. The van der Waals surface area contributed by atoms with Gasteiger partial charge in [-0.1, -0.05) is 24.3 Å². The summed E-state index contributed by atoms with van der Waals surface area (Å²) in [4.78, 5) is 0. The van der Waals surface area contributed by atoms with Crippen LogP contribution < -0.4 is 10.5 Å². The maximum Gasteiger partial charge on any atom is 0.419 e.